The van der Waals surface area contributed by atoms with Crippen molar-refractivity contribution >= 4 is 23.4 Å². The van der Waals surface area contributed by atoms with E-state index >= 15 is 0 Å². The third-order valence-electron chi connectivity index (χ3n) is 3.13. The zero-order chi connectivity index (χ0) is 15.9. The molecule has 0 unspecified atom stereocenters. The molecule has 0 heterocycles. The molecule has 0 aliphatic rings. The van der Waals surface area contributed by atoms with Gasteiger partial charge in [-0.2, -0.15) is 0 Å². The molecule has 0 fully saturated rings. The lowest BCUT2D eigenvalue weighted by atomic mass is 10.1. The van der Waals surface area contributed by atoms with E-state index in [0.29, 0.717) is 17.1 Å². The van der Waals surface area contributed by atoms with Gasteiger partial charge in [-0.05, 0) is 36.8 Å². The van der Waals surface area contributed by atoms with Gasteiger partial charge in [0.25, 0.3) is 5.91 Å². The second-order valence-corrected chi connectivity index (χ2v) is 5.39. The van der Waals surface area contributed by atoms with Gasteiger partial charge in [0.2, 0.25) is 5.91 Å². The van der Waals surface area contributed by atoms with Gasteiger partial charge >= 0.3 is 0 Å². The van der Waals surface area contributed by atoms with E-state index in [0.717, 1.165) is 5.56 Å². The zero-order valence-electron chi connectivity index (χ0n) is 12.2. The fourth-order valence-electron chi connectivity index (χ4n) is 1.83. The van der Waals surface area contributed by atoms with E-state index < -0.39 is 0 Å². The minimum atomic E-state index is -0.304. The molecular weight excluding hydrogens is 300 g/mol. The molecule has 0 atom stereocenters. The molecule has 2 amide bonds. The van der Waals surface area contributed by atoms with Crippen LogP contribution in [0, 0.1) is 6.92 Å². The molecule has 0 saturated heterocycles. The van der Waals surface area contributed by atoms with Gasteiger partial charge in [-0.15, -0.1) is 0 Å². The monoisotopic (exact) mass is 316 g/mol. The normalized spacial score (nSPS) is 10.1. The van der Waals surface area contributed by atoms with E-state index in [-0.39, 0.29) is 18.4 Å². The first kappa shape index (κ1) is 16.0. The summed E-state index contributed by atoms with van der Waals surface area (Å²) in [5.41, 5.74) is 2.66. The van der Waals surface area contributed by atoms with Crippen molar-refractivity contribution in [2.24, 2.45) is 0 Å². The molecule has 22 heavy (non-hydrogen) atoms. The summed E-state index contributed by atoms with van der Waals surface area (Å²) in [7, 11) is 0. The summed E-state index contributed by atoms with van der Waals surface area (Å²) >= 11 is 5.76. The van der Waals surface area contributed by atoms with Gasteiger partial charge in [-0.3, -0.25) is 9.59 Å². The maximum atomic E-state index is 11.8. The Morgan fingerprint density at radius 3 is 2.23 bits per heavy atom. The Bertz CT molecular complexity index is 651. The number of nitrogens with one attached hydrogen (secondary N) is 2. The highest BCUT2D eigenvalue weighted by molar-refractivity contribution is 6.30. The molecule has 5 heteroatoms. The summed E-state index contributed by atoms with van der Waals surface area (Å²) in [5, 5.41) is 5.89. The first-order valence-electron chi connectivity index (χ1n) is 6.90. The number of benzene rings is 2. The van der Waals surface area contributed by atoms with Crippen LogP contribution < -0.4 is 10.6 Å². The summed E-state index contributed by atoms with van der Waals surface area (Å²) in [6, 6.07) is 14.4. The maximum absolute atomic E-state index is 11.8. The van der Waals surface area contributed by atoms with E-state index in [1.165, 1.54) is 5.56 Å². The highest BCUT2D eigenvalue weighted by Crippen LogP contribution is 2.09. The van der Waals surface area contributed by atoms with Crippen molar-refractivity contribution in [2.75, 3.05) is 6.54 Å². The lowest BCUT2D eigenvalue weighted by Crippen LogP contribution is -2.36. The molecule has 0 aliphatic carbocycles. The van der Waals surface area contributed by atoms with Crippen LogP contribution in [-0.2, 0) is 11.3 Å². The Labute approximate surface area is 134 Å². The van der Waals surface area contributed by atoms with E-state index in [2.05, 4.69) is 10.6 Å². The van der Waals surface area contributed by atoms with Gasteiger partial charge in [0, 0.05) is 17.1 Å². The number of hydrogen-bond donors (Lipinski definition) is 2. The van der Waals surface area contributed by atoms with Gasteiger partial charge in [0.15, 0.2) is 0 Å². The smallest absolute Gasteiger partial charge is 0.251 e. The minimum absolute atomic E-state index is 0.0622. The average Bonchev–Trinajstić information content (AvgIpc) is 2.52. The first-order chi connectivity index (χ1) is 10.5. The Kier molecular flexibility index (Phi) is 5.55. The molecule has 0 saturated carbocycles. The number of aryl methyl sites for hydroxylation is 1. The number of carbonyl (C=O) groups excluding carboxylic acids is 2. The molecular formula is C17H17ClN2O2. The first-order valence-corrected chi connectivity index (χ1v) is 7.28. The second kappa shape index (κ2) is 7.61. The zero-order valence-corrected chi connectivity index (χ0v) is 13.0. The molecule has 2 aromatic carbocycles. The standard InChI is InChI=1S/C17H17ClN2O2/c1-12-2-4-13(5-3-12)10-19-16(21)11-20-17(22)14-6-8-15(18)9-7-14/h2-9H,10-11H2,1H3,(H,19,21)(H,20,22). The summed E-state index contributed by atoms with van der Waals surface area (Å²) in [5.74, 6) is -0.537. The van der Waals surface area contributed by atoms with Crippen LogP contribution in [0.5, 0.6) is 0 Å². The van der Waals surface area contributed by atoms with Gasteiger partial charge in [-0.1, -0.05) is 41.4 Å². The molecule has 0 aliphatic heterocycles. The molecule has 4 nitrogen and oxygen atoms in total. The summed E-state index contributed by atoms with van der Waals surface area (Å²) in [6.45, 7) is 2.39. The van der Waals surface area contributed by atoms with Gasteiger partial charge in [0.1, 0.15) is 0 Å². The molecule has 0 aromatic heterocycles. The van der Waals surface area contributed by atoms with Gasteiger partial charge in [-0.25, -0.2) is 0 Å². The molecule has 0 spiro atoms. The molecule has 114 valence electrons. The Morgan fingerprint density at radius 2 is 1.59 bits per heavy atom. The minimum Gasteiger partial charge on any atom is -0.350 e. The Morgan fingerprint density at radius 1 is 0.955 bits per heavy atom. The quantitative estimate of drug-likeness (QED) is 0.891. The number of rotatable bonds is 5. The number of hydrogen-bond acceptors (Lipinski definition) is 2. The Balaban J connectivity index is 1.76. The van der Waals surface area contributed by atoms with E-state index in [9.17, 15) is 9.59 Å². The highest BCUT2D eigenvalue weighted by Gasteiger charge is 2.07. The molecule has 0 bridgehead atoms. The van der Waals surface area contributed by atoms with Crippen LogP contribution in [0.4, 0.5) is 0 Å². The van der Waals surface area contributed by atoms with Crippen LogP contribution in [0.25, 0.3) is 0 Å². The Hall–Kier alpha value is -2.33. The summed E-state index contributed by atoms with van der Waals surface area (Å²) in [4.78, 5) is 23.6. The fourth-order valence-corrected chi connectivity index (χ4v) is 1.96. The molecule has 2 aromatic rings. The fraction of sp³-hybridized carbons (Fsp3) is 0.176. The van der Waals surface area contributed by atoms with Crippen molar-refractivity contribution in [3.63, 3.8) is 0 Å². The highest BCUT2D eigenvalue weighted by atomic mass is 35.5. The van der Waals surface area contributed by atoms with Crippen molar-refractivity contribution in [2.45, 2.75) is 13.5 Å². The molecule has 2 N–H and O–H groups in total. The SMILES string of the molecule is Cc1ccc(CNC(=O)CNC(=O)c2ccc(Cl)cc2)cc1. The van der Waals surface area contributed by atoms with E-state index in [1.807, 2.05) is 31.2 Å². The van der Waals surface area contributed by atoms with Gasteiger partial charge < -0.3 is 10.6 Å². The number of halogens is 1. The van der Waals surface area contributed by atoms with Crippen LogP contribution >= 0.6 is 11.6 Å². The predicted molar refractivity (Wildman–Crippen MR) is 86.8 cm³/mol. The van der Waals surface area contributed by atoms with Crippen molar-refractivity contribution in [1.82, 2.24) is 10.6 Å². The third kappa shape index (κ3) is 4.90. The molecule has 0 radical (unpaired) electrons. The topological polar surface area (TPSA) is 58.2 Å². The van der Waals surface area contributed by atoms with Crippen LogP contribution in [0.1, 0.15) is 21.5 Å². The third-order valence-corrected chi connectivity index (χ3v) is 3.38. The van der Waals surface area contributed by atoms with Crippen molar-refractivity contribution < 1.29 is 9.59 Å². The second-order valence-electron chi connectivity index (χ2n) is 4.95. The lowest BCUT2D eigenvalue weighted by molar-refractivity contribution is -0.120. The summed E-state index contributed by atoms with van der Waals surface area (Å²) < 4.78 is 0. The molecule has 2 rings (SSSR count). The summed E-state index contributed by atoms with van der Waals surface area (Å²) in [6.07, 6.45) is 0. The average molecular weight is 317 g/mol. The van der Waals surface area contributed by atoms with Crippen LogP contribution in [0.15, 0.2) is 48.5 Å². The van der Waals surface area contributed by atoms with Crippen LogP contribution in [-0.4, -0.2) is 18.4 Å². The number of carbonyl (C=O) groups is 2. The van der Waals surface area contributed by atoms with Gasteiger partial charge in [0.05, 0.1) is 6.54 Å². The largest absolute Gasteiger partial charge is 0.350 e. The van der Waals surface area contributed by atoms with Crippen LogP contribution in [0.2, 0.25) is 5.02 Å². The predicted octanol–water partition coefficient (Wildman–Crippen LogP) is 2.69. The lowest BCUT2D eigenvalue weighted by Gasteiger charge is -2.07. The van der Waals surface area contributed by atoms with E-state index in [4.69, 9.17) is 11.6 Å². The van der Waals surface area contributed by atoms with E-state index in [1.54, 1.807) is 24.3 Å². The van der Waals surface area contributed by atoms with Crippen molar-refractivity contribution in [3.05, 3.63) is 70.2 Å². The van der Waals surface area contributed by atoms with Crippen molar-refractivity contribution in [3.8, 4) is 0 Å². The maximum Gasteiger partial charge on any atom is 0.251 e. The van der Waals surface area contributed by atoms with Crippen LogP contribution in [0.3, 0.4) is 0 Å². The number of amides is 2. The van der Waals surface area contributed by atoms with Crippen molar-refractivity contribution in [1.29, 1.82) is 0 Å².